The third-order valence-electron chi connectivity index (χ3n) is 4.10. The minimum Gasteiger partial charge on any atom is -0.305 e. The molecule has 2 rings (SSSR count). The van der Waals surface area contributed by atoms with Crippen molar-refractivity contribution < 1.29 is 4.79 Å². The molecule has 1 aromatic rings. The molecule has 0 saturated carbocycles. The Labute approximate surface area is 116 Å². The maximum absolute atomic E-state index is 11.8. The summed E-state index contributed by atoms with van der Waals surface area (Å²) >= 11 is 0. The van der Waals surface area contributed by atoms with Crippen LogP contribution in [-0.2, 0) is 4.79 Å². The van der Waals surface area contributed by atoms with Gasteiger partial charge in [-0.1, -0.05) is 30.3 Å². The summed E-state index contributed by atoms with van der Waals surface area (Å²) in [7, 11) is 2.12. The topological polar surface area (TPSA) is 32.3 Å². The zero-order chi connectivity index (χ0) is 13.8. The Morgan fingerprint density at radius 1 is 1.37 bits per heavy atom. The van der Waals surface area contributed by atoms with Crippen LogP contribution in [0.4, 0.5) is 0 Å². The van der Waals surface area contributed by atoms with Crippen molar-refractivity contribution in [2.75, 3.05) is 20.1 Å². The van der Waals surface area contributed by atoms with Gasteiger partial charge in [0.15, 0.2) is 0 Å². The summed E-state index contributed by atoms with van der Waals surface area (Å²) in [6.45, 7) is 5.85. The first-order valence-electron chi connectivity index (χ1n) is 7.08. The van der Waals surface area contributed by atoms with Gasteiger partial charge in [-0.25, -0.2) is 0 Å². The summed E-state index contributed by atoms with van der Waals surface area (Å²) in [6, 6.07) is 10.9. The lowest BCUT2D eigenvalue weighted by atomic mass is 9.88. The van der Waals surface area contributed by atoms with Gasteiger partial charge < -0.3 is 10.2 Å². The van der Waals surface area contributed by atoms with Crippen LogP contribution in [0.5, 0.6) is 0 Å². The highest BCUT2D eigenvalue weighted by molar-refractivity contribution is 5.79. The Morgan fingerprint density at radius 2 is 2.05 bits per heavy atom. The standard InChI is InChI=1S/C16H24N2O/c1-12(14-7-5-4-6-8-14)17-16-11-18(3)10-9-15(16)13(2)19/h4-8,12,15-17H,9-11H2,1-3H3/t12-,15-,16?/m1/s1. The van der Waals surface area contributed by atoms with Gasteiger partial charge >= 0.3 is 0 Å². The lowest BCUT2D eigenvalue weighted by molar-refractivity contribution is -0.123. The largest absolute Gasteiger partial charge is 0.305 e. The van der Waals surface area contributed by atoms with E-state index in [4.69, 9.17) is 0 Å². The molecule has 19 heavy (non-hydrogen) atoms. The van der Waals surface area contributed by atoms with Crippen molar-refractivity contribution in [1.29, 1.82) is 0 Å². The van der Waals surface area contributed by atoms with Gasteiger partial charge in [-0.05, 0) is 39.4 Å². The molecule has 0 bridgehead atoms. The molecule has 1 N–H and O–H groups in total. The molecule has 0 spiro atoms. The molecular weight excluding hydrogens is 236 g/mol. The summed E-state index contributed by atoms with van der Waals surface area (Å²) in [5, 5.41) is 3.63. The van der Waals surface area contributed by atoms with Gasteiger partial charge in [0.05, 0.1) is 0 Å². The molecule has 0 aromatic heterocycles. The SMILES string of the molecule is CC(=O)[C@H]1CCN(C)CC1N[C@H](C)c1ccccc1. The van der Waals surface area contributed by atoms with Crippen molar-refractivity contribution >= 4 is 5.78 Å². The van der Waals surface area contributed by atoms with Crippen LogP contribution in [0.3, 0.4) is 0 Å². The van der Waals surface area contributed by atoms with Crippen molar-refractivity contribution in [1.82, 2.24) is 10.2 Å². The second kappa shape index (κ2) is 6.31. The first-order chi connectivity index (χ1) is 9.08. The summed E-state index contributed by atoms with van der Waals surface area (Å²) in [4.78, 5) is 14.1. The fraction of sp³-hybridized carbons (Fsp3) is 0.562. The summed E-state index contributed by atoms with van der Waals surface area (Å²) in [5.74, 6) is 0.466. The molecular formula is C16H24N2O. The highest BCUT2D eigenvalue weighted by Gasteiger charge is 2.31. The smallest absolute Gasteiger partial charge is 0.134 e. The number of carbonyl (C=O) groups excluding carboxylic acids is 1. The van der Waals surface area contributed by atoms with Gasteiger partial charge in [0, 0.05) is 24.5 Å². The number of hydrogen-bond acceptors (Lipinski definition) is 3. The van der Waals surface area contributed by atoms with Crippen LogP contribution in [0.25, 0.3) is 0 Å². The van der Waals surface area contributed by atoms with Gasteiger partial charge in [-0.2, -0.15) is 0 Å². The molecule has 1 aliphatic rings. The van der Waals surface area contributed by atoms with Crippen LogP contribution < -0.4 is 5.32 Å². The van der Waals surface area contributed by atoms with E-state index in [0.717, 1.165) is 19.5 Å². The van der Waals surface area contributed by atoms with Crippen LogP contribution in [0.1, 0.15) is 31.9 Å². The fourth-order valence-electron chi connectivity index (χ4n) is 2.93. The molecule has 1 fully saturated rings. The van der Waals surface area contributed by atoms with Crippen molar-refractivity contribution in [3.63, 3.8) is 0 Å². The zero-order valence-electron chi connectivity index (χ0n) is 12.1. The predicted molar refractivity (Wildman–Crippen MR) is 78.1 cm³/mol. The highest BCUT2D eigenvalue weighted by atomic mass is 16.1. The van der Waals surface area contributed by atoms with Gasteiger partial charge in [-0.15, -0.1) is 0 Å². The number of likely N-dealkylation sites (tertiary alicyclic amines) is 1. The number of carbonyl (C=O) groups is 1. The maximum Gasteiger partial charge on any atom is 0.134 e. The maximum atomic E-state index is 11.8. The molecule has 0 radical (unpaired) electrons. The predicted octanol–water partition coefficient (Wildman–Crippen LogP) is 2.25. The molecule has 1 saturated heterocycles. The Balaban J connectivity index is 2.04. The number of nitrogens with zero attached hydrogens (tertiary/aromatic N) is 1. The Morgan fingerprint density at radius 3 is 2.68 bits per heavy atom. The average molecular weight is 260 g/mol. The molecule has 3 atom stereocenters. The third kappa shape index (κ3) is 3.64. The molecule has 104 valence electrons. The van der Waals surface area contributed by atoms with E-state index in [0.29, 0.717) is 5.78 Å². The van der Waals surface area contributed by atoms with Gasteiger partial charge in [0.2, 0.25) is 0 Å². The quantitative estimate of drug-likeness (QED) is 0.901. The summed E-state index contributed by atoms with van der Waals surface area (Å²) < 4.78 is 0. The molecule has 3 nitrogen and oxygen atoms in total. The van der Waals surface area contributed by atoms with E-state index in [9.17, 15) is 4.79 Å². The summed E-state index contributed by atoms with van der Waals surface area (Å²) in [6.07, 6.45) is 0.963. The fourth-order valence-corrected chi connectivity index (χ4v) is 2.93. The van der Waals surface area contributed by atoms with Crippen LogP contribution >= 0.6 is 0 Å². The summed E-state index contributed by atoms with van der Waals surface area (Å²) in [5.41, 5.74) is 1.28. The monoisotopic (exact) mass is 260 g/mol. The number of hydrogen-bond donors (Lipinski definition) is 1. The third-order valence-corrected chi connectivity index (χ3v) is 4.10. The molecule has 1 aliphatic heterocycles. The first-order valence-corrected chi connectivity index (χ1v) is 7.08. The number of Topliss-reactive ketones (excluding diaryl/α,β-unsaturated/α-hetero) is 1. The minimum absolute atomic E-state index is 0.155. The number of likely N-dealkylation sites (N-methyl/N-ethyl adjacent to an activating group) is 1. The Bertz CT molecular complexity index is 418. The van der Waals surface area contributed by atoms with Crippen LogP contribution in [0.2, 0.25) is 0 Å². The van der Waals surface area contributed by atoms with E-state index < -0.39 is 0 Å². The van der Waals surface area contributed by atoms with Crippen LogP contribution in [0, 0.1) is 5.92 Å². The minimum atomic E-state index is 0.155. The van der Waals surface area contributed by atoms with Crippen molar-refractivity contribution in [3.8, 4) is 0 Å². The Kier molecular flexibility index (Phi) is 4.72. The van der Waals surface area contributed by atoms with Crippen LogP contribution in [-0.4, -0.2) is 36.9 Å². The van der Waals surface area contributed by atoms with E-state index in [1.54, 1.807) is 6.92 Å². The number of piperidine rings is 1. The molecule has 3 heteroatoms. The van der Waals surface area contributed by atoms with Crippen molar-refractivity contribution in [2.45, 2.75) is 32.4 Å². The molecule has 1 unspecified atom stereocenters. The molecule has 1 aromatic carbocycles. The first kappa shape index (κ1) is 14.2. The number of benzene rings is 1. The van der Waals surface area contributed by atoms with Gasteiger partial charge in [0.25, 0.3) is 0 Å². The van der Waals surface area contributed by atoms with Gasteiger partial charge in [-0.3, -0.25) is 4.79 Å². The zero-order valence-corrected chi connectivity index (χ0v) is 12.1. The van der Waals surface area contributed by atoms with Crippen LogP contribution in [0.15, 0.2) is 30.3 Å². The normalized spacial score (nSPS) is 26.1. The molecule has 1 heterocycles. The van der Waals surface area contributed by atoms with Gasteiger partial charge in [0.1, 0.15) is 5.78 Å². The second-order valence-electron chi connectivity index (χ2n) is 5.67. The van der Waals surface area contributed by atoms with Crippen molar-refractivity contribution in [2.24, 2.45) is 5.92 Å². The van der Waals surface area contributed by atoms with E-state index in [1.165, 1.54) is 5.56 Å². The Hall–Kier alpha value is -1.19. The molecule has 0 aliphatic carbocycles. The second-order valence-corrected chi connectivity index (χ2v) is 5.67. The van der Waals surface area contributed by atoms with E-state index in [2.05, 4.69) is 48.5 Å². The average Bonchev–Trinajstić information content (AvgIpc) is 2.39. The number of rotatable bonds is 4. The molecule has 0 amide bonds. The number of nitrogens with one attached hydrogen (secondary N) is 1. The highest BCUT2D eigenvalue weighted by Crippen LogP contribution is 2.21. The number of ketones is 1. The van der Waals surface area contributed by atoms with Crippen molar-refractivity contribution in [3.05, 3.63) is 35.9 Å². The lowest BCUT2D eigenvalue weighted by Gasteiger charge is -2.37. The van der Waals surface area contributed by atoms with E-state index in [1.807, 2.05) is 6.07 Å². The lowest BCUT2D eigenvalue weighted by Crippen LogP contribution is -2.52. The van der Waals surface area contributed by atoms with E-state index >= 15 is 0 Å². The van der Waals surface area contributed by atoms with E-state index in [-0.39, 0.29) is 18.0 Å².